The quantitative estimate of drug-likeness (QED) is 0.815. The molecule has 1 aliphatic rings. The van der Waals surface area contributed by atoms with Gasteiger partial charge < -0.3 is 0 Å². The summed E-state index contributed by atoms with van der Waals surface area (Å²) < 4.78 is 24.9. The predicted molar refractivity (Wildman–Crippen MR) is 80.7 cm³/mol. The van der Waals surface area contributed by atoms with Crippen LogP contribution in [0.3, 0.4) is 0 Å². The Morgan fingerprint density at radius 2 is 2.20 bits per heavy atom. The lowest BCUT2D eigenvalue weighted by molar-refractivity contribution is 0.320. The highest BCUT2D eigenvalue weighted by Gasteiger charge is 2.18. The lowest BCUT2D eigenvalue weighted by Crippen LogP contribution is -2.36. The standard InChI is InChI=1S/C14H21N3O2S/c1-16(2)20(18,19)10-9-17-8-4-6-14(12-17)13-5-3-7-15-11-13/h3,5-7,11H,4,8-10,12H2,1-2H3. The summed E-state index contributed by atoms with van der Waals surface area (Å²) >= 11 is 0. The minimum atomic E-state index is -3.12. The fourth-order valence-electron chi connectivity index (χ4n) is 2.19. The van der Waals surface area contributed by atoms with Crippen LogP contribution in [0.1, 0.15) is 12.0 Å². The van der Waals surface area contributed by atoms with Gasteiger partial charge in [0, 0.05) is 46.1 Å². The molecule has 6 heteroatoms. The summed E-state index contributed by atoms with van der Waals surface area (Å²) in [5.41, 5.74) is 2.35. The van der Waals surface area contributed by atoms with Gasteiger partial charge in [-0.2, -0.15) is 0 Å². The minimum Gasteiger partial charge on any atom is -0.298 e. The molecule has 0 saturated heterocycles. The number of nitrogens with zero attached hydrogens (tertiary/aromatic N) is 3. The topological polar surface area (TPSA) is 53.5 Å². The lowest BCUT2D eigenvalue weighted by atomic mass is 10.0. The molecular formula is C14H21N3O2S. The molecule has 2 heterocycles. The number of sulfonamides is 1. The molecule has 2 rings (SSSR count). The van der Waals surface area contributed by atoms with Crippen molar-refractivity contribution < 1.29 is 8.42 Å². The van der Waals surface area contributed by atoms with Crippen LogP contribution in [0, 0.1) is 0 Å². The Morgan fingerprint density at radius 3 is 2.85 bits per heavy atom. The van der Waals surface area contributed by atoms with Gasteiger partial charge in [0.05, 0.1) is 5.75 Å². The van der Waals surface area contributed by atoms with Crippen LogP contribution >= 0.6 is 0 Å². The van der Waals surface area contributed by atoms with Crippen LogP contribution in [0.2, 0.25) is 0 Å². The van der Waals surface area contributed by atoms with Gasteiger partial charge in [0.15, 0.2) is 0 Å². The van der Waals surface area contributed by atoms with Crippen LogP contribution in [-0.4, -0.2) is 62.1 Å². The van der Waals surface area contributed by atoms with Gasteiger partial charge in [0.1, 0.15) is 0 Å². The van der Waals surface area contributed by atoms with Crippen LogP contribution in [0.5, 0.6) is 0 Å². The summed E-state index contributed by atoms with van der Waals surface area (Å²) in [6, 6.07) is 3.96. The highest BCUT2D eigenvalue weighted by molar-refractivity contribution is 7.89. The Kier molecular flexibility index (Phi) is 4.91. The normalized spacial score (nSPS) is 17.2. The van der Waals surface area contributed by atoms with E-state index in [0.29, 0.717) is 6.54 Å². The van der Waals surface area contributed by atoms with Gasteiger partial charge in [-0.05, 0) is 23.6 Å². The molecule has 0 spiro atoms. The van der Waals surface area contributed by atoms with Gasteiger partial charge in [-0.25, -0.2) is 12.7 Å². The first kappa shape index (κ1) is 15.2. The molecule has 0 aliphatic carbocycles. The maximum atomic E-state index is 11.8. The number of hydrogen-bond acceptors (Lipinski definition) is 4. The first-order chi connectivity index (χ1) is 9.49. The van der Waals surface area contributed by atoms with E-state index in [0.717, 1.165) is 25.1 Å². The van der Waals surface area contributed by atoms with Gasteiger partial charge in [-0.15, -0.1) is 0 Å². The number of hydrogen-bond donors (Lipinski definition) is 0. The molecular weight excluding hydrogens is 274 g/mol. The van der Waals surface area contributed by atoms with E-state index in [2.05, 4.69) is 16.0 Å². The van der Waals surface area contributed by atoms with Crippen molar-refractivity contribution in [1.29, 1.82) is 0 Å². The van der Waals surface area contributed by atoms with E-state index in [4.69, 9.17) is 0 Å². The van der Waals surface area contributed by atoms with E-state index in [1.165, 1.54) is 9.88 Å². The molecule has 5 nitrogen and oxygen atoms in total. The Bertz CT molecular complexity index is 567. The van der Waals surface area contributed by atoms with Crippen LogP contribution in [-0.2, 0) is 10.0 Å². The third-order valence-electron chi connectivity index (χ3n) is 3.48. The first-order valence-electron chi connectivity index (χ1n) is 6.71. The fraction of sp³-hybridized carbons (Fsp3) is 0.500. The molecule has 0 radical (unpaired) electrons. The smallest absolute Gasteiger partial charge is 0.214 e. The van der Waals surface area contributed by atoms with Crippen molar-refractivity contribution in [2.24, 2.45) is 0 Å². The van der Waals surface area contributed by atoms with Crippen molar-refractivity contribution in [3.05, 3.63) is 36.2 Å². The molecule has 0 aromatic carbocycles. The van der Waals surface area contributed by atoms with Crippen LogP contribution in [0.15, 0.2) is 30.6 Å². The number of pyridine rings is 1. The van der Waals surface area contributed by atoms with Gasteiger partial charge in [0.25, 0.3) is 0 Å². The van der Waals surface area contributed by atoms with Crippen LogP contribution < -0.4 is 0 Å². The largest absolute Gasteiger partial charge is 0.298 e. The SMILES string of the molecule is CN(C)S(=O)(=O)CCN1CCC=C(c2cccnc2)C1. The average Bonchev–Trinajstić information content (AvgIpc) is 2.46. The Morgan fingerprint density at radius 1 is 1.40 bits per heavy atom. The molecule has 0 bridgehead atoms. The average molecular weight is 295 g/mol. The van der Waals surface area contributed by atoms with Crippen LogP contribution in [0.4, 0.5) is 0 Å². The third kappa shape index (κ3) is 3.88. The van der Waals surface area contributed by atoms with Crippen molar-refractivity contribution in [3.8, 4) is 0 Å². The summed E-state index contributed by atoms with van der Waals surface area (Å²) in [6.07, 6.45) is 6.78. The lowest BCUT2D eigenvalue weighted by Gasteiger charge is -2.27. The highest BCUT2D eigenvalue weighted by Crippen LogP contribution is 2.19. The second-order valence-electron chi connectivity index (χ2n) is 5.13. The van der Waals surface area contributed by atoms with Crippen molar-refractivity contribution in [2.45, 2.75) is 6.42 Å². The zero-order valence-corrected chi connectivity index (χ0v) is 12.8. The summed E-state index contributed by atoms with van der Waals surface area (Å²) in [6.45, 7) is 2.26. The predicted octanol–water partition coefficient (Wildman–Crippen LogP) is 1.06. The van der Waals surface area contributed by atoms with Crippen molar-refractivity contribution in [2.75, 3.05) is 39.5 Å². The van der Waals surface area contributed by atoms with Gasteiger partial charge in [-0.3, -0.25) is 9.88 Å². The first-order valence-corrected chi connectivity index (χ1v) is 8.32. The molecule has 20 heavy (non-hydrogen) atoms. The van der Waals surface area contributed by atoms with Gasteiger partial charge in [0.2, 0.25) is 10.0 Å². The van der Waals surface area contributed by atoms with E-state index >= 15 is 0 Å². The molecule has 0 N–H and O–H groups in total. The van der Waals surface area contributed by atoms with Gasteiger partial charge in [-0.1, -0.05) is 12.1 Å². The molecule has 1 aliphatic heterocycles. The molecule has 0 fully saturated rings. The summed E-state index contributed by atoms with van der Waals surface area (Å²) in [4.78, 5) is 6.32. The number of rotatable bonds is 5. The van der Waals surface area contributed by atoms with E-state index < -0.39 is 10.0 Å². The highest BCUT2D eigenvalue weighted by atomic mass is 32.2. The van der Waals surface area contributed by atoms with Crippen LogP contribution in [0.25, 0.3) is 5.57 Å². The van der Waals surface area contributed by atoms with Crippen molar-refractivity contribution in [3.63, 3.8) is 0 Å². The monoisotopic (exact) mass is 295 g/mol. The second kappa shape index (κ2) is 6.47. The van der Waals surface area contributed by atoms with E-state index in [1.54, 1.807) is 20.3 Å². The van der Waals surface area contributed by atoms with E-state index in [-0.39, 0.29) is 5.75 Å². The molecule has 1 aromatic heterocycles. The van der Waals surface area contributed by atoms with E-state index in [1.807, 2.05) is 18.3 Å². The molecule has 0 amide bonds. The minimum absolute atomic E-state index is 0.167. The molecule has 0 saturated carbocycles. The summed E-state index contributed by atoms with van der Waals surface area (Å²) in [5, 5.41) is 0. The van der Waals surface area contributed by atoms with E-state index in [9.17, 15) is 8.42 Å². The molecule has 0 atom stereocenters. The second-order valence-corrected chi connectivity index (χ2v) is 7.44. The maximum Gasteiger partial charge on any atom is 0.214 e. The number of aromatic nitrogens is 1. The Labute approximate surface area is 121 Å². The molecule has 0 unspecified atom stereocenters. The third-order valence-corrected chi connectivity index (χ3v) is 5.30. The molecule has 1 aromatic rings. The Balaban J connectivity index is 1.96. The zero-order valence-electron chi connectivity index (χ0n) is 12.0. The van der Waals surface area contributed by atoms with Crippen molar-refractivity contribution >= 4 is 15.6 Å². The van der Waals surface area contributed by atoms with Gasteiger partial charge >= 0.3 is 0 Å². The maximum absolute atomic E-state index is 11.8. The van der Waals surface area contributed by atoms with Crippen molar-refractivity contribution in [1.82, 2.24) is 14.2 Å². The summed E-state index contributed by atoms with van der Waals surface area (Å²) in [5.74, 6) is 0.167. The Hall–Kier alpha value is -1.24. The fourth-order valence-corrected chi connectivity index (χ4v) is 3.04. The molecule has 110 valence electrons. The summed E-state index contributed by atoms with van der Waals surface area (Å²) in [7, 11) is 0.0320. The zero-order chi connectivity index (χ0) is 14.6.